The van der Waals surface area contributed by atoms with E-state index in [4.69, 9.17) is 0 Å². The van der Waals surface area contributed by atoms with Crippen molar-refractivity contribution in [2.24, 2.45) is 0 Å². The molecule has 5 nitrogen and oxygen atoms in total. The number of hydrogen-bond donors (Lipinski definition) is 2. The van der Waals surface area contributed by atoms with Gasteiger partial charge in [-0.25, -0.2) is 4.98 Å². The van der Waals surface area contributed by atoms with E-state index in [9.17, 15) is 9.59 Å². The van der Waals surface area contributed by atoms with Gasteiger partial charge in [0.1, 0.15) is 11.4 Å². The van der Waals surface area contributed by atoms with Crippen LogP contribution in [0.15, 0.2) is 60.7 Å². The first kappa shape index (κ1) is 18.3. The minimum atomic E-state index is -0.361. The number of rotatable bonds is 4. The van der Waals surface area contributed by atoms with Gasteiger partial charge in [0.25, 0.3) is 11.8 Å². The van der Waals surface area contributed by atoms with Crippen LogP contribution in [0.4, 0.5) is 11.4 Å². The van der Waals surface area contributed by atoms with Crippen molar-refractivity contribution in [2.45, 2.75) is 20.8 Å². The molecule has 27 heavy (non-hydrogen) atoms. The molecule has 2 aromatic carbocycles. The highest BCUT2D eigenvalue weighted by molar-refractivity contribution is 6.06. The second kappa shape index (κ2) is 7.83. The van der Waals surface area contributed by atoms with Crippen LogP contribution in [0, 0.1) is 20.8 Å². The molecule has 136 valence electrons. The molecule has 2 amide bonds. The fraction of sp³-hybridized carbons (Fsp3) is 0.136. The molecule has 0 radical (unpaired) electrons. The molecule has 0 saturated heterocycles. The highest BCUT2D eigenvalue weighted by Gasteiger charge is 2.13. The number of nitrogens with zero attached hydrogens (tertiary/aromatic N) is 1. The van der Waals surface area contributed by atoms with E-state index >= 15 is 0 Å². The zero-order valence-corrected chi connectivity index (χ0v) is 15.5. The van der Waals surface area contributed by atoms with E-state index in [2.05, 4.69) is 15.6 Å². The second-order valence-corrected chi connectivity index (χ2v) is 6.50. The van der Waals surface area contributed by atoms with Crippen molar-refractivity contribution in [2.75, 3.05) is 10.6 Å². The van der Waals surface area contributed by atoms with Crippen molar-refractivity contribution in [3.63, 3.8) is 0 Å². The predicted octanol–water partition coefficient (Wildman–Crippen LogP) is 4.51. The highest BCUT2D eigenvalue weighted by Crippen LogP contribution is 2.17. The van der Waals surface area contributed by atoms with Crippen LogP contribution in [0.25, 0.3) is 0 Å². The first-order chi connectivity index (χ1) is 12.9. The van der Waals surface area contributed by atoms with E-state index in [1.165, 1.54) is 0 Å². The predicted molar refractivity (Wildman–Crippen MR) is 107 cm³/mol. The largest absolute Gasteiger partial charge is 0.321 e. The van der Waals surface area contributed by atoms with Gasteiger partial charge in [-0.05, 0) is 62.2 Å². The number of aryl methyl sites for hydroxylation is 3. The maximum absolute atomic E-state index is 12.5. The summed E-state index contributed by atoms with van der Waals surface area (Å²) in [6.45, 7) is 5.86. The van der Waals surface area contributed by atoms with Gasteiger partial charge in [0, 0.05) is 11.4 Å². The molecule has 0 saturated carbocycles. The van der Waals surface area contributed by atoms with E-state index in [1.54, 1.807) is 18.2 Å². The normalized spacial score (nSPS) is 10.3. The van der Waals surface area contributed by atoms with Gasteiger partial charge in [-0.3, -0.25) is 9.59 Å². The highest BCUT2D eigenvalue weighted by atomic mass is 16.2. The standard InChI is InChI=1S/C22H21N3O2/c1-14-8-11-17(12-9-14)23-21(26)18-5-4-6-19(24-18)22(27)25-20-13-15(2)7-10-16(20)3/h4-13H,1-3H3,(H,23,26)(H,25,27). The van der Waals surface area contributed by atoms with Gasteiger partial charge in [-0.1, -0.05) is 35.9 Å². The molecule has 2 N–H and O–H groups in total. The van der Waals surface area contributed by atoms with E-state index in [0.717, 1.165) is 22.4 Å². The summed E-state index contributed by atoms with van der Waals surface area (Å²) in [6, 6.07) is 18.1. The number of aromatic nitrogens is 1. The SMILES string of the molecule is Cc1ccc(NC(=O)c2cccc(C(=O)Nc3cc(C)ccc3C)n2)cc1. The lowest BCUT2D eigenvalue weighted by molar-refractivity contribution is 0.101. The maximum Gasteiger partial charge on any atom is 0.274 e. The number of pyridine rings is 1. The van der Waals surface area contributed by atoms with Crippen LogP contribution in [-0.2, 0) is 0 Å². The topological polar surface area (TPSA) is 71.1 Å². The Hall–Kier alpha value is -3.47. The fourth-order valence-corrected chi connectivity index (χ4v) is 2.58. The number of benzene rings is 2. The Balaban J connectivity index is 1.76. The molecule has 0 fully saturated rings. The van der Waals surface area contributed by atoms with E-state index in [0.29, 0.717) is 5.69 Å². The lowest BCUT2D eigenvalue weighted by Gasteiger charge is -2.10. The summed E-state index contributed by atoms with van der Waals surface area (Å²) in [5, 5.41) is 5.64. The van der Waals surface area contributed by atoms with Gasteiger partial charge in [0.05, 0.1) is 0 Å². The number of hydrogen-bond acceptors (Lipinski definition) is 3. The Morgan fingerprint density at radius 2 is 1.33 bits per heavy atom. The molecule has 5 heteroatoms. The second-order valence-electron chi connectivity index (χ2n) is 6.50. The Morgan fingerprint density at radius 1 is 0.741 bits per heavy atom. The third kappa shape index (κ3) is 4.58. The first-order valence-electron chi connectivity index (χ1n) is 8.66. The van der Waals surface area contributed by atoms with E-state index in [1.807, 2.05) is 63.2 Å². The summed E-state index contributed by atoms with van der Waals surface area (Å²) in [6.07, 6.45) is 0. The Bertz CT molecular complexity index is 995. The van der Waals surface area contributed by atoms with Crippen LogP contribution < -0.4 is 10.6 Å². The summed E-state index contributed by atoms with van der Waals surface area (Å²) in [5.74, 6) is -0.714. The van der Waals surface area contributed by atoms with Crippen molar-refractivity contribution in [1.82, 2.24) is 4.98 Å². The molecule has 0 aliphatic heterocycles. The van der Waals surface area contributed by atoms with Crippen molar-refractivity contribution in [1.29, 1.82) is 0 Å². The molecule has 0 aliphatic carbocycles. The number of amides is 2. The molecule has 3 rings (SSSR count). The zero-order chi connectivity index (χ0) is 19.4. The Kier molecular flexibility index (Phi) is 5.31. The molecule has 1 aromatic heterocycles. The minimum absolute atomic E-state index is 0.184. The van der Waals surface area contributed by atoms with Gasteiger partial charge in [-0.15, -0.1) is 0 Å². The Morgan fingerprint density at radius 3 is 2.00 bits per heavy atom. The van der Waals surface area contributed by atoms with Crippen molar-refractivity contribution >= 4 is 23.2 Å². The lowest BCUT2D eigenvalue weighted by atomic mass is 10.1. The summed E-state index contributed by atoms with van der Waals surface area (Å²) >= 11 is 0. The molecule has 0 atom stereocenters. The first-order valence-corrected chi connectivity index (χ1v) is 8.66. The quantitative estimate of drug-likeness (QED) is 0.720. The summed E-state index contributed by atoms with van der Waals surface area (Å²) in [4.78, 5) is 29.2. The minimum Gasteiger partial charge on any atom is -0.321 e. The summed E-state index contributed by atoms with van der Waals surface area (Å²) < 4.78 is 0. The summed E-state index contributed by atoms with van der Waals surface area (Å²) in [7, 11) is 0. The maximum atomic E-state index is 12.5. The van der Waals surface area contributed by atoms with Gasteiger partial charge in [0.2, 0.25) is 0 Å². The molecule has 3 aromatic rings. The van der Waals surface area contributed by atoms with Crippen LogP contribution in [0.3, 0.4) is 0 Å². The smallest absolute Gasteiger partial charge is 0.274 e. The average molecular weight is 359 g/mol. The monoisotopic (exact) mass is 359 g/mol. The molecular formula is C22H21N3O2. The van der Waals surface area contributed by atoms with Crippen molar-refractivity contribution < 1.29 is 9.59 Å². The third-order valence-corrected chi connectivity index (χ3v) is 4.17. The van der Waals surface area contributed by atoms with Crippen LogP contribution in [0.1, 0.15) is 37.7 Å². The molecule has 0 unspecified atom stereocenters. The molecule has 0 bridgehead atoms. The number of carbonyl (C=O) groups is 2. The van der Waals surface area contributed by atoms with Gasteiger partial charge < -0.3 is 10.6 Å². The molecule has 0 spiro atoms. The number of carbonyl (C=O) groups excluding carboxylic acids is 2. The fourth-order valence-electron chi connectivity index (χ4n) is 2.58. The van der Waals surface area contributed by atoms with Gasteiger partial charge >= 0.3 is 0 Å². The van der Waals surface area contributed by atoms with Gasteiger partial charge in [0.15, 0.2) is 0 Å². The molecular weight excluding hydrogens is 338 g/mol. The summed E-state index contributed by atoms with van der Waals surface area (Å²) in [5.41, 5.74) is 4.90. The average Bonchev–Trinajstić information content (AvgIpc) is 2.66. The van der Waals surface area contributed by atoms with Crippen molar-refractivity contribution in [3.05, 3.63) is 88.7 Å². The van der Waals surface area contributed by atoms with Crippen LogP contribution in [0.5, 0.6) is 0 Å². The van der Waals surface area contributed by atoms with Crippen molar-refractivity contribution in [3.8, 4) is 0 Å². The van der Waals surface area contributed by atoms with Gasteiger partial charge in [-0.2, -0.15) is 0 Å². The lowest BCUT2D eigenvalue weighted by Crippen LogP contribution is -2.18. The Labute approximate surface area is 158 Å². The van der Waals surface area contributed by atoms with E-state index in [-0.39, 0.29) is 23.2 Å². The third-order valence-electron chi connectivity index (χ3n) is 4.17. The van der Waals surface area contributed by atoms with Crippen LogP contribution >= 0.6 is 0 Å². The number of nitrogens with one attached hydrogen (secondary N) is 2. The van der Waals surface area contributed by atoms with Crippen LogP contribution in [-0.4, -0.2) is 16.8 Å². The number of anilines is 2. The van der Waals surface area contributed by atoms with Crippen LogP contribution in [0.2, 0.25) is 0 Å². The van der Waals surface area contributed by atoms with E-state index < -0.39 is 0 Å². The zero-order valence-electron chi connectivity index (χ0n) is 15.5. The molecule has 1 heterocycles. The molecule has 0 aliphatic rings.